The Morgan fingerprint density at radius 2 is 0.625 bits per heavy atom. The minimum absolute atomic E-state index is 0.0632. The standard InChI is InChI=1S/C67H112O5/c1-4-7-10-13-16-19-22-25-28-31-33-35-38-41-44-47-50-53-56-59-62-70-63-65(72-67(69)61-58-55-52-49-46-43-40-36-30-27-24-21-18-15-12-9-6-3)64-71-66(68)60-57-54-51-48-45-42-39-37-34-32-29-26-23-20-17-14-11-8-5-2/h7-8,10-11,16-21,25-30,33-35,37,65H,4-6,9,12-15,22-24,31-32,36,38-64H2,1-3H3/b10-7-,11-8-,19-16-,20-17-,21-18-,28-25-,29-26-,30-27-,35-33-,37-34-. The van der Waals surface area contributed by atoms with E-state index in [0.717, 1.165) is 122 Å². The molecule has 0 spiro atoms. The predicted octanol–water partition coefficient (Wildman–Crippen LogP) is 20.9. The second-order valence-electron chi connectivity index (χ2n) is 19.5. The quantitative estimate of drug-likeness (QED) is 0.0345. The van der Waals surface area contributed by atoms with Crippen molar-refractivity contribution in [2.75, 3.05) is 19.8 Å². The monoisotopic (exact) mass is 997 g/mol. The number of hydrogen-bond donors (Lipinski definition) is 0. The van der Waals surface area contributed by atoms with Crippen molar-refractivity contribution in [1.29, 1.82) is 0 Å². The van der Waals surface area contributed by atoms with E-state index in [1.807, 2.05) is 0 Å². The fraction of sp³-hybridized carbons (Fsp3) is 0.672. The van der Waals surface area contributed by atoms with E-state index in [9.17, 15) is 9.59 Å². The summed E-state index contributed by atoms with van der Waals surface area (Å²) in [6.07, 6.45) is 86.5. The van der Waals surface area contributed by atoms with Crippen LogP contribution in [0.1, 0.15) is 265 Å². The van der Waals surface area contributed by atoms with Crippen LogP contribution >= 0.6 is 0 Å². The highest BCUT2D eigenvalue weighted by Crippen LogP contribution is 2.14. The number of carbonyl (C=O) groups is 2. The van der Waals surface area contributed by atoms with Gasteiger partial charge in [-0.2, -0.15) is 0 Å². The van der Waals surface area contributed by atoms with Crippen LogP contribution in [-0.2, 0) is 23.8 Å². The molecule has 0 radical (unpaired) electrons. The molecule has 1 unspecified atom stereocenters. The first-order valence-corrected chi connectivity index (χ1v) is 30.1. The number of rotatable bonds is 54. The van der Waals surface area contributed by atoms with E-state index in [1.165, 1.54) is 109 Å². The van der Waals surface area contributed by atoms with E-state index in [2.05, 4.69) is 142 Å². The van der Waals surface area contributed by atoms with Crippen LogP contribution in [0.2, 0.25) is 0 Å². The zero-order valence-electron chi connectivity index (χ0n) is 47.2. The van der Waals surface area contributed by atoms with Crippen LogP contribution < -0.4 is 0 Å². The van der Waals surface area contributed by atoms with Crippen LogP contribution in [0.15, 0.2) is 122 Å². The van der Waals surface area contributed by atoms with Gasteiger partial charge in [-0.3, -0.25) is 9.59 Å². The maximum Gasteiger partial charge on any atom is 0.306 e. The van der Waals surface area contributed by atoms with Crippen LogP contribution in [-0.4, -0.2) is 37.9 Å². The van der Waals surface area contributed by atoms with Crippen LogP contribution in [0.5, 0.6) is 0 Å². The van der Waals surface area contributed by atoms with Gasteiger partial charge in [0.15, 0.2) is 6.10 Å². The van der Waals surface area contributed by atoms with Crippen LogP contribution in [0, 0.1) is 0 Å². The minimum Gasteiger partial charge on any atom is -0.462 e. The largest absolute Gasteiger partial charge is 0.462 e. The molecule has 72 heavy (non-hydrogen) atoms. The SMILES string of the molecule is CC/C=C\C/C=C\C/C=C\C/C=C\CCCCCCCCCOCC(COC(=O)CCCCCCCC/C=C\C/C=C\C/C=C\C/C=C\CC)OC(=O)CCCCCCCCC/C=C\C/C=C\CCCCC. The smallest absolute Gasteiger partial charge is 0.306 e. The second kappa shape index (κ2) is 61.6. The fourth-order valence-electron chi connectivity index (χ4n) is 8.05. The van der Waals surface area contributed by atoms with E-state index >= 15 is 0 Å². The molecule has 0 saturated heterocycles. The molecule has 0 aliphatic heterocycles. The molecule has 0 N–H and O–H groups in total. The van der Waals surface area contributed by atoms with Crippen molar-refractivity contribution < 1.29 is 23.8 Å². The molecule has 0 aliphatic carbocycles. The van der Waals surface area contributed by atoms with Gasteiger partial charge in [-0.05, 0) is 128 Å². The van der Waals surface area contributed by atoms with Crippen molar-refractivity contribution in [2.24, 2.45) is 0 Å². The molecule has 0 aromatic heterocycles. The van der Waals surface area contributed by atoms with Gasteiger partial charge in [0.1, 0.15) is 6.61 Å². The zero-order valence-corrected chi connectivity index (χ0v) is 47.2. The van der Waals surface area contributed by atoms with Gasteiger partial charge in [0.05, 0.1) is 6.61 Å². The topological polar surface area (TPSA) is 61.8 Å². The lowest BCUT2D eigenvalue weighted by molar-refractivity contribution is -0.163. The number of ether oxygens (including phenoxy) is 3. The molecule has 5 nitrogen and oxygen atoms in total. The van der Waals surface area contributed by atoms with Gasteiger partial charge in [0.2, 0.25) is 0 Å². The van der Waals surface area contributed by atoms with E-state index in [1.54, 1.807) is 0 Å². The predicted molar refractivity (Wildman–Crippen MR) is 316 cm³/mol. The lowest BCUT2D eigenvalue weighted by Gasteiger charge is -2.18. The molecule has 0 bridgehead atoms. The molecular weight excluding hydrogens is 885 g/mol. The Bertz CT molecular complexity index is 1450. The molecule has 0 aromatic rings. The maximum absolute atomic E-state index is 12.9. The molecule has 0 rings (SSSR count). The van der Waals surface area contributed by atoms with Crippen LogP contribution in [0.3, 0.4) is 0 Å². The first kappa shape index (κ1) is 68.3. The zero-order chi connectivity index (χ0) is 52.0. The van der Waals surface area contributed by atoms with Crippen molar-refractivity contribution >= 4 is 11.9 Å². The summed E-state index contributed by atoms with van der Waals surface area (Å²) >= 11 is 0. The Balaban J connectivity index is 4.37. The highest BCUT2D eigenvalue weighted by Gasteiger charge is 2.17. The number of esters is 2. The molecule has 0 amide bonds. The third-order valence-corrected chi connectivity index (χ3v) is 12.5. The minimum atomic E-state index is -0.562. The van der Waals surface area contributed by atoms with Crippen molar-refractivity contribution in [1.82, 2.24) is 0 Å². The van der Waals surface area contributed by atoms with Gasteiger partial charge in [-0.25, -0.2) is 0 Å². The molecule has 410 valence electrons. The number of allylic oxidation sites excluding steroid dienone is 20. The first-order valence-electron chi connectivity index (χ1n) is 30.1. The Morgan fingerprint density at radius 3 is 1.00 bits per heavy atom. The van der Waals surface area contributed by atoms with E-state index in [-0.39, 0.29) is 25.2 Å². The summed E-state index contributed by atoms with van der Waals surface area (Å²) < 4.78 is 17.5. The average Bonchev–Trinajstić information content (AvgIpc) is 3.38. The average molecular weight is 998 g/mol. The van der Waals surface area contributed by atoms with Crippen molar-refractivity contribution in [3.63, 3.8) is 0 Å². The summed E-state index contributed by atoms with van der Waals surface area (Å²) in [5.74, 6) is -0.429. The van der Waals surface area contributed by atoms with Crippen molar-refractivity contribution in [3.05, 3.63) is 122 Å². The number of unbranched alkanes of at least 4 members (excludes halogenated alkanes) is 23. The lowest BCUT2D eigenvalue weighted by Crippen LogP contribution is -2.30. The summed E-state index contributed by atoms with van der Waals surface area (Å²) in [6, 6.07) is 0. The maximum atomic E-state index is 12.9. The molecule has 0 fully saturated rings. The molecule has 0 aromatic carbocycles. The van der Waals surface area contributed by atoms with E-state index in [4.69, 9.17) is 14.2 Å². The Labute approximate surface area is 446 Å². The van der Waals surface area contributed by atoms with Gasteiger partial charge >= 0.3 is 11.9 Å². The summed E-state index contributed by atoms with van der Waals surface area (Å²) in [5.41, 5.74) is 0. The summed E-state index contributed by atoms with van der Waals surface area (Å²) in [7, 11) is 0. The molecular formula is C67H112O5. The van der Waals surface area contributed by atoms with Gasteiger partial charge in [0, 0.05) is 19.4 Å². The van der Waals surface area contributed by atoms with Gasteiger partial charge in [-0.15, -0.1) is 0 Å². The number of carbonyl (C=O) groups excluding carboxylic acids is 2. The number of hydrogen-bond acceptors (Lipinski definition) is 5. The molecule has 1 atom stereocenters. The van der Waals surface area contributed by atoms with Crippen molar-refractivity contribution in [3.8, 4) is 0 Å². The van der Waals surface area contributed by atoms with Gasteiger partial charge < -0.3 is 14.2 Å². The summed E-state index contributed by atoms with van der Waals surface area (Å²) in [5, 5.41) is 0. The Morgan fingerprint density at radius 1 is 0.319 bits per heavy atom. The van der Waals surface area contributed by atoms with Gasteiger partial charge in [0.25, 0.3) is 0 Å². The second-order valence-corrected chi connectivity index (χ2v) is 19.5. The fourth-order valence-corrected chi connectivity index (χ4v) is 8.05. The third-order valence-electron chi connectivity index (χ3n) is 12.5. The summed E-state index contributed by atoms with van der Waals surface area (Å²) in [6.45, 7) is 7.54. The lowest BCUT2D eigenvalue weighted by atomic mass is 10.1. The molecule has 0 saturated carbocycles. The Hall–Kier alpha value is -3.70. The molecule has 0 aliphatic rings. The third kappa shape index (κ3) is 58.9. The van der Waals surface area contributed by atoms with Crippen LogP contribution in [0.4, 0.5) is 0 Å². The van der Waals surface area contributed by atoms with Crippen molar-refractivity contribution in [2.45, 2.75) is 271 Å². The summed E-state index contributed by atoms with van der Waals surface area (Å²) in [4.78, 5) is 25.6. The highest BCUT2D eigenvalue weighted by molar-refractivity contribution is 5.70. The van der Waals surface area contributed by atoms with Gasteiger partial charge in [-0.1, -0.05) is 245 Å². The molecule has 5 heteroatoms. The highest BCUT2D eigenvalue weighted by atomic mass is 16.6. The van der Waals surface area contributed by atoms with E-state index < -0.39 is 6.10 Å². The molecule has 0 heterocycles. The first-order chi connectivity index (χ1) is 35.6. The van der Waals surface area contributed by atoms with E-state index in [0.29, 0.717) is 19.4 Å². The Kier molecular flexibility index (Phi) is 58.4. The normalized spacial score (nSPS) is 13.1. The van der Waals surface area contributed by atoms with Crippen LogP contribution in [0.25, 0.3) is 0 Å².